The third-order valence-electron chi connectivity index (χ3n) is 10.1. The largest absolute Gasteiger partial charge is 0.394 e. The van der Waals surface area contributed by atoms with Gasteiger partial charge in [0.15, 0.2) is 0 Å². The van der Waals surface area contributed by atoms with Crippen molar-refractivity contribution >= 4 is 0 Å². The molecule has 0 aromatic carbocycles. The minimum atomic E-state index is -4.23. The maximum absolute atomic E-state index is 14.0. The number of halogens is 3. The molecule has 5 unspecified atom stereocenters. The van der Waals surface area contributed by atoms with Gasteiger partial charge in [-0.25, -0.2) is 0 Å². The summed E-state index contributed by atoms with van der Waals surface area (Å²) in [5.74, 6) is -0.0319. The van der Waals surface area contributed by atoms with Crippen LogP contribution in [0.2, 0.25) is 0 Å². The predicted octanol–water partition coefficient (Wildman–Crippen LogP) is 9.20. The lowest BCUT2D eigenvalue weighted by Crippen LogP contribution is -2.52. The molecule has 0 bridgehead atoms. The Balaban J connectivity index is 6.15. The SMILES string of the molecule is CCC(C)(CC(C)(C)C(C)(CC)CC(C)(CC)C(C)(CC)OCC(C)C(C)(C)O)C(F)(F)F. The van der Waals surface area contributed by atoms with Crippen LogP contribution in [0.4, 0.5) is 13.2 Å². The third kappa shape index (κ3) is 7.12. The summed E-state index contributed by atoms with van der Waals surface area (Å²) in [5, 5.41) is 10.4. The predicted molar refractivity (Wildman–Crippen MR) is 134 cm³/mol. The number of aliphatic hydroxyl groups is 1. The highest BCUT2D eigenvalue weighted by molar-refractivity contribution is 5.02. The summed E-state index contributed by atoms with van der Waals surface area (Å²) in [4.78, 5) is 0. The van der Waals surface area contributed by atoms with Gasteiger partial charge in [-0.05, 0) is 69.1 Å². The molecule has 0 aliphatic rings. The molecule has 0 aliphatic heterocycles. The summed E-state index contributed by atoms with van der Waals surface area (Å²) in [6.45, 7) is 26.0. The summed E-state index contributed by atoms with van der Waals surface area (Å²) in [6.07, 6.45) is -0.809. The van der Waals surface area contributed by atoms with Crippen molar-refractivity contribution in [3.05, 3.63) is 0 Å². The van der Waals surface area contributed by atoms with Gasteiger partial charge in [0.2, 0.25) is 0 Å². The quantitative estimate of drug-likeness (QED) is 0.268. The molecule has 33 heavy (non-hydrogen) atoms. The zero-order valence-corrected chi connectivity index (χ0v) is 24.0. The van der Waals surface area contributed by atoms with Crippen molar-refractivity contribution in [2.45, 2.75) is 146 Å². The molecule has 5 atom stereocenters. The van der Waals surface area contributed by atoms with Gasteiger partial charge < -0.3 is 9.84 Å². The Kier molecular flexibility index (Phi) is 10.7. The maximum Gasteiger partial charge on any atom is 0.394 e. The molecule has 1 N–H and O–H groups in total. The van der Waals surface area contributed by atoms with E-state index in [0.29, 0.717) is 6.61 Å². The average molecular weight is 481 g/mol. The van der Waals surface area contributed by atoms with Gasteiger partial charge in [0.25, 0.3) is 0 Å². The maximum atomic E-state index is 14.0. The van der Waals surface area contributed by atoms with E-state index in [1.165, 1.54) is 6.92 Å². The molecule has 0 aromatic rings. The van der Waals surface area contributed by atoms with E-state index >= 15 is 0 Å². The Bertz CT molecular complexity index is 609. The number of ether oxygens (including phenoxy) is 1. The normalized spacial score (nSPS) is 22.1. The molecule has 0 rings (SSSR count). The van der Waals surface area contributed by atoms with Crippen LogP contribution in [-0.2, 0) is 4.74 Å². The molecule has 200 valence electrons. The van der Waals surface area contributed by atoms with E-state index in [-0.39, 0.29) is 29.6 Å². The Labute approximate surface area is 203 Å². The first-order chi connectivity index (χ1) is 14.5. The monoisotopic (exact) mass is 480 g/mol. The van der Waals surface area contributed by atoms with Crippen LogP contribution in [0.1, 0.15) is 129 Å². The molecule has 0 fully saturated rings. The third-order valence-corrected chi connectivity index (χ3v) is 10.1. The van der Waals surface area contributed by atoms with Crippen molar-refractivity contribution in [1.82, 2.24) is 0 Å². The van der Waals surface area contributed by atoms with Crippen LogP contribution in [0.3, 0.4) is 0 Å². The van der Waals surface area contributed by atoms with Gasteiger partial charge in [-0.2, -0.15) is 13.2 Å². The molecule has 0 amide bonds. The fourth-order valence-corrected chi connectivity index (χ4v) is 5.22. The van der Waals surface area contributed by atoms with Gasteiger partial charge >= 0.3 is 6.18 Å². The van der Waals surface area contributed by atoms with Crippen molar-refractivity contribution in [2.24, 2.45) is 27.6 Å². The van der Waals surface area contributed by atoms with Gasteiger partial charge in [-0.15, -0.1) is 0 Å². The summed E-state index contributed by atoms with van der Waals surface area (Å²) >= 11 is 0. The van der Waals surface area contributed by atoms with Crippen LogP contribution in [-0.4, -0.2) is 29.1 Å². The van der Waals surface area contributed by atoms with Crippen LogP contribution in [0.15, 0.2) is 0 Å². The molecule has 0 radical (unpaired) electrons. The van der Waals surface area contributed by atoms with Gasteiger partial charge in [-0.3, -0.25) is 0 Å². The van der Waals surface area contributed by atoms with Crippen molar-refractivity contribution in [3.63, 3.8) is 0 Å². The lowest BCUT2D eigenvalue weighted by atomic mass is 9.51. The van der Waals surface area contributed by atoms with E-state index < -0.39 is 28.2 Å². The minimum absolute atomic E-state index is 0.0319. The highest BCUT2D eigenvalue weighted by Crippen LogP contribution is 2.60. The first-order valence-electron chi connectivity index (χ1n) is 13.0. The molecular formula is C28H55F3O2. The zero-order chi connectivity index (χ0) is 26.7. The second-order valence-electron chi connectivity index (χ2n) is 12.9. The van der Waals surface area contributed by atoms with Gasteiger partial charge in [0, 0.05) is 5.92 Å². The number of alkyl halides is 3. The minimum Gasteiger partial charge on any atom is -0.390 e. The van der Waals surface area contributed by atoms with Crippen molar-refractivity contribution in [2.75, 3.05) is 6.61 Å². The topological polar surface area (TPSA) is 29.5 Å². The molecular weight excluding hydrogens is 425 g/mol. The van der Waals surface area contributed by atoms with Gasteiger partial charge in [0.1, 0.15) is 0 Å². The van der Waals surface area contributed by atoms with E-state index in [1.54, 1.807) is 20.8 Å². The first kappa shape index (κ1) is 32.7. The number of hydrogen-bond acceptors (Lipinski definition) is 2. The fraction of sp³-hybridized carbons (Fsp3) is 1.00. The molecule has 0 heterocycles. The van der Waals surface area contributed by atoms with E-state index in [4.69, 9.17) is 4.74 Å². The first-order valence-corrected chi connectivity index (χ1v) is 13.0. The second-order valence-corrected chi connectivity index (χ2v) is 12.9. The summed E-state index contributed by atoms with van der Waals surface area (Å²) in [7, 11) is 0. The van der Waals surface area contributed by atoms with Crippen LogP contribution in [0.25, 0.3) is 0 Å². The Morgan fingerprint density at radius 1 is 0.667 bits per heavy atom. The summed E-state index contributed by atoms with van der Waals surface area (Å²) in [5.41, 5.74) is -4.05. The smallest absolute Gasteiger partial charge is 0.390 e. The Hall–Kier alpha value is -0.290. The molecule has 0 aliphatic carbocycles. The molecule has 0 saturated heterocycles. The number of rotatable bonds is 14. The van der Waals surface area contributed by atoms with Crippen LogP contribution < -0.4 is 0 Å². The van der Waals surface area contributed by atoms with Crippen molar-refractivity contribution in [1.29, 1.82) is 0 Å². The van der Waals surface area contributed by atoms with Crippen LogP contribution in [0, 0.1) is 27.6 Å². The molecule has 5 heteroatoms. The highest BCUT2D eigenvalue weighted by atomic mass is 19.4. The van der Waals surface area contributed by atoms with E-state index in [0.717, 1.165) is 25.7 Å². The summed E-state index contributed by atoms with van der Waals surface area (Å²) in [6, 6.07) is 0. The molecule has 0 aromatic heterocycles. The van der Waals surface area contributed by atoms with E-state index in [9.17, 15) is 18.3 Å². The average Bonchev–Trinajstić information content (AvgIpc) is 2.68. The van der Waals surface area contributed by atoms with E-state index in [2.05, 4.69) is 41.5 Å². The lowest BCUT2D eigenvalue weighted by molar-refractivity contribution is -0.236. The summed E-state index contributed by atoms with van der Waals surface area (Å²) < 4.78 is 48.6. The highest BCUT2D eigenvalue weighted by Gasteiger charge is 2.57. The van der Waals surface area contributed by atoms with Crippen LogP contribution >= 0.6 is 0 Å². The fourth-order valence-electron chi connectivity index (χ4n) is 5.22. The van der Waals surface area contributed by atoms with Crippen molar-refractivity contribution in [3.8, 4) is 0 Å². The molecule has 0 saturated carbocycles. The van der Waals surface area contributed by atoms with Crippen LogP contribution in [0.5, 0.6) is 0 Å². The molecule has 0 spiro atoms. The Morgan fingerprint density at radius 3 is 1.39 bits per heavy atom. The number of hydrogen-bond donors (Lipinski definition) is 1. The van der Waals surface area contributed by atoms with Crippen molar-refractivity contribution < 1.29 is 23.0 Å². The van der Waals surface area contributed by atoms with E-state index in [1.807, 2.05) is 20.8 Å². The molecule has 2 nitrogen and oxygen atoms in total. The van der Waals surface area contributed by atoms with Gasteiger partial charge in [0.05, 0.1) is 23.2 Å². The lowest BCUT2D eigenvalue weighted by Gasteiger charge is -2.56. The Morgan fingerprint density at radius 2 is 1.09 bits per heavy atom. The standard InChI is InChI=1S/C28H55F3O2/c1-14-24(10,22(6,7)19-26(12,16-3)28(29,30)31)20-25(11,15-2)27(13,17-4)33-18-21(5)23(8,9)32/h21,32H,14-20H2,1-13H3. The second kappa shape index (κ2) is 10.8. The zero-order valence-electron chi connectivity index (χ0n) is 24.0. The van der Waals surface area contributed by atoms with Gasteiger partial charge in [-0.1, -0.05) is 75.7 Å².